The van der Waals surface area contributed by atoms with Crippen LogP contribution < -0.4 is 0 Å². The average Bonchev–Trinajstić information content (AvgIpc) is 2.94. The van der Waals surface area contributed by atoms with Crippen molar-refractivity contribution in [2.45, 2.75) is 175 Å². The second kappa shape index (κ2) is 20.0. The summed E-state index contributed by atoms with van der Waals surface area (Å²) in [5, 5.41) is 22.7. The fraction of sp³-hybridized carbons (Fsp3) is 0.692. The topological polar surface area (TPSA) is 40.5 Å². The smallest absolute Gasteiger partial charge is 0.122 e. The summed E-state index contributed by atoms with van der Waals surface area (Å²) in [6.07, 6.45) is 24.0. The molecule has 0 aliphatic rings. The van der Waals surface area contributed by atoms with Crippen molar-refractivity contribution in [3.05, 3.63) is 57.6 Å². The van der Waals surface area contributed by atoms with Gasteiger partial charge in [-0.3, -0.25) is 0 Å². The minimum Gasteiger partial charge on any atom is -0.507 e. The summed E-state index contributed by atoms with van der Waals surface area (Å²) in [6, 6.07) is 8.55. The number of phenolic OH excluding ortho intramolecular Hbond substituents is 2. The van der Waals surface area contributed by atoms with E-state index in [4.69, 9.17) is 0 Å². The third kappa shape index (κ3) is 12.8. The van der Waals surface area contributed by atoms with Crippen LogP contribution in [-0.2, 0) is 6.42 Å². The SMILES string of the molecule is CCCCCCCCCCC(C)c1cc(C)cc(Cc2cc(C)cc(C(C)CCCCCCCCCC)c2O)c1O. The van der Waals surface area contributed by atoms with E-state index in [9.17, 15) is 10.2 Å². The highest BCUT2D eigenvalue weighted by molar-refractivity contribution is 5.52. The lowest BCUT2D eigenvalue weighted by molar-refractivity contribution is 0.445. The third-order valence-electron chi connectivity index (χ3n) is 9.15. The molecule has 2 unspecified atom stereocenters. The fourth-order valence-corrected chi connectivity index (χ4v) is 6.47. The predicted molar refractivity (Wildman–Crippen MR) is 180 cm³/mol. The van der Waals surface area contributed by atoms with Gasteiger partial charge < -0.3 is 10.2 Å². The molecule has 0 heterocycles. The van der Waals surface area contributed by atoms with E-state index in [1.165, 1.54) is 114 Å². The summed E-state index contributed by atoms with van der Waals surface area (Å²) < 4.78 is 0. The summed E-state index contributed by atoms with van der Waals surface area (Å²) in [4.78, 5) is 0. The van der Waals surface area contributed by atoms with Crippen LogP contribution in [0.5, 0.6) is 11.5 Å². The molecule has 232 valence electrons. The van der Waals surface area contributed by atoms with Crippen LogP contribution in [0.4, 0.5) is 0 Å². The van der Waals surface area contributed by atoms with Gasteiger partial charge >= 0.3 is 0 Å². The van der Waals surface area contributed by atoms with Gasteiger partial charge in [-0.1, -0.05) is 166 Å². The first-order valence-electron chi connectivity index (χ1n) is 17.4. The predicted octanol–water partition coefficient (Wildman–Crippen LogP) is 12.6. The summed E-state index contributed by atoms with van der Waals surface area (Å²) in [6.45, 7) is 13.3. The highest BCUT2D eigenvalue weighted by Gasteiger charge is 2.19. The first-order valence-corrected chi connectivity index (χ1v) is 17.4. The van der Waals surface area contributed by atoms with E-state index in [0.717, 1.165) is 35.1 Å². The van der Waals surface area contributed by atoms with E-state index in [0.29, 0.717) is 29.8 Å². The molecule has 2 N–H and O–H groups in total. The Labute approximate surface area is 254 Å². The van der Waals surface area contributed by atoms with Gasteiger partial charge in [-0.2, -0.15) is 0 Å². The molecule has 0 bridgehead atoms. The van der Waals surface area contributed by atoms with Crippen LogP contribution in [0.25, 0.3) is 0 Å². The lowest BCUT2D eigenvalue weighted by Gasteiger charge is -2.20. The lowest BCUT2D eigenvalue weighted by Crippen LogP contribution is -2.02. The van der Waals surface area contributed by atoms with Crippen LogP contribution >= 0.6 is 0 Å². The van der Waals surface area contributed by atoms with Gasteiger partial charge in [0.15, 0.2) is 0 Å². The Kier molecular flexibility index (Phi) is 17.2. The summed E-state index contributed by atoms with van der Waals surface area (Å²) in [5.41, 5.74) is 6.38. The molecule has 0 spiro atoms. The van der Waals surface area contributed by atoms with Crippen molar-refractivity contribution in [3.8, 4) is 11.5 Å². The maximum Gasteiger partial charge on any atom is 0.122 e. The zero-order chi connectivity index (χ0) is 30.0. The molecule has 2 nitrogen and oxygen atoms in total. The van der Waals surface area contributed by atoms with Crippen LogP contribution in [0, 0.1) is 13.8 Å². The molecule has 2 aromatic carbocycles. The monoisotopic (exact) mass is 564 g/mol. The van der Waals surface area contributed by atoms with Gasteiger partial charge in [0.25, 0.3) is 0 Å². The second-order valence-corrected chi connectivity index (χ2v) is 13.2. The first-order chi connectivity index (χ1) is 19.8. The zero-order valence-electron chi connectivity index (χ0n) is 27.8. The number of hydrogen-bond donors (Lipinski definition) is 2. The van der Waals surface area contributed by atoms with Crippen molar-refractivity contribution in [2.75, 3.05) is 0 Å². The maximum absolute atomic E-state index is 11.4. The number of hydrogen-bond acceptors (Lipinski definition) is 2. The first kappa shape index (κ1) is 35.2. The zero-order valence-corrected chi connectivity index (χ0v) is 27.8. The van der Waals surface area contributed by atoms with Gasteiger partial charge in [0.1, 0.15) is 11.5 Å². The molecule has 0 saturated heterocycles. The minimum absolute atomic E-state index is 0.335. The molecule has 2 aromatic rings. The van der Waals surface area contributed by atoms with Crippen molar-refractivity contribution in [3.63, 3.8) is 0 Å². The van der Waals surface area contributed by atoms with Gasteiger partial charge in [0.05, 0.1) is 0 Å². The Morgan fingerprint density at radius 3 is 1.15 bits per heavy atom. The molecule has 0 fully saturated rings. The van der Waals surface area contributed by atoms with Gasteiger partial charge in [-0.15, -0.1) is 0 Å². The van der Waals surface area contributed by atoms with E-state index < -0.39 is 0 Å². The van der Waals surface area contributed by atoms with E-state index in [1.807, 2.05) is 0 Å². The van der Waals surface area contributed by atoms with Gasteiger partial charge in [-0.25, -0.2) is 0 Å². The highest BCUT2D eigenvalue weighted by atomic mass is 16.3. The number of aryl methyl sites for hydroxylation is 2. The Morgan fingerprint density at radius 2 is 0.805 bits per heavy atom. The summed E-state index contributed by atoms with van der Waals surface area (Å²) in [7, 11) is 0. The molecule has 0 aliphatic carbocycles. The number of rotatable bonds is 22. The molecule has 2 rings (SSSR count). The maximum atomic E-state index is 11.4. The molecule has 0 radical (unpaired) electrons. The van der Waals surface area contributed by atoms with E-state index in [-0.39, 0.29) is 0 Å². The molecular formula is C39H64O2. The molecule has 2 atom stereocenters. The van der Waals surface area contributed by atoms with Crippen molar-refractivity contribution in [1.82, 2.24) is 0 Å². The Bertz CT molecular complexity index is 912. The quantitative estimate of drug-likeness (QED) is 0.140. The largest absolute Gasteiger partial charge is 0.507 e. The number of unbranched alkanes of at least 4 members (excludes halogenated alkanes) is 14. The van der Waals surface area contributed by atoms with Crippen LogP contribution in [0.1, 0.15) is 188 Å². The van der Waals surface area contributed by atoms with Crippen molar-refractivity contribution >= 4 is 0 Å². The van der Waals surface area contributed by atoms with Gasteiger partial charge in [0, 0.05) is 6.42 Å². The van der Waals surface area contributed by atoms with Gasteiger partial charge in [0.2, 0.25) is 0 Å². The lowest BCUT2D eigenvalue weighted by atomic mass is 9.87. The van der Waals surface area contributed by atoms with E-state index in [2.05, 4.69) is 65.8 Å². The van der Waals surface area contributed by atoms with Gasteiger partial charge in [-0.05, 0) is 60.8 Å². The average molecular weight is 565 g/mol. The molecular weight excluding hydrogens is 500 g/mol. The van der Waals surface area contributed by atoms with Crippen LogP contribution in [0.3, 0.4) is 0 Å². The molecule has 41 heavy (non-hydrogen) atoms. The third-order valence-corrected chi connectivity index (χ3v) is 9.15. The standard InChI is InChI=1S/C39H64O2/c1-7-9-11-13-15-17-19-21-23-32(5)36-27-30(3)25-34(38(36)40)29-35-26-31(4)28-37(39(35)41)33(6)24-22-20-18-16-14-12-10-8-2/h25-28,32-33,40-41H,7-24,29H2,1-6H3. The van der Waals surface area contributed by atoms with Crippen LogP contribution in [0.15, 0.2) is 24.3 Å². The Hall–Kier alpha value is -1.96. The second-order valence-electron chi connectivity index (χ2n) is 13.2. The fourth-order valence-electron chi connectivity index (χ4n) is 6.47. The molecule has 0 amide bonds. The molecule has 0 saturated carbocycles. The molecule has 0 aliphatic heterocycles. The number of aromatic hydroxyl groups is 2. The highest BCUT2D eigenvalue weighted by Crippen LogP contribution is 2.38. The van der Waals surface area contributed by atoms with E-state index in [1.54, 1.807) is 0 Å². The van der Waals surface area contributed by atoms with Crippen molar-refractivity contribution < 1.29 is 10.2 Å². The summed E-state index contributed by atoms with van der Waals surface area (Å²) in [5.74, 6) is 1.53. The van der Waals surface area contributed by atoms with Crippen LogP contribution in [0.2, 0.25) is 0 Å². The molecule has 2 heteroatoms. The van der Waals surface area contributed by atoms with Crippen molar-refractivity contribution in [2.24, 2.45) is 0 Å². The van der Waals surface area contributed by atoms with Crippen LogP contribution in [-0.4, -0.2) is 10.2 Å². The molecule has 0 aromatic heterocycles. The van der Waals surface area contributed by atoms with Crippen molar-refractivity contribution in [1.29, 1.82) is 0 Å². The van der Waals surface area contributed by atoms with E-state index >= 15 is 0 Å². The summed E-state index contributed by atoms with van der Waals surface area (Å²) >= 11 is 0. The minimum atomic E-state index is 0.335. The Morgan fingerprint density at radius 1 is 0.488 bits per heavy atom. The Balaban J connectivity index is 1.98. The normalized spacial score (nSPS) is 13.0. The number of benzene rings is 2. The number of phenols is 2.